The molecule has 1 aromatic carbocycles. The van der Waals surface area contributed by atoms with Crippen molar-refractivity contribution in [1.29, 1.82) is 0 Å². The molecule has 5 N–H and O–H groups in total. The molecule has 0 radical (unpaired) electrons. The van der Waals surface area contributed by atoms with E-state index < -0.39 is 0 Å². The van der Waals surface area contributed by atoms with E-state index in [0.29, 0.717) is 5.02 Å². The van der Waals surface area contributed by atoms with Gasteiger partial charge in [-0.1, -0.05) is 23.7 Å². The van der Waals surface area contributed by atoms with Gasteiger partial charge >= 0.3 is 0 Å². The van der Waals surface area contributed by atoms with E-state index in [0.717, 1.165) is 18.5 Å². The number of nitrogens with two attached hydrogens (primary N) is 2. The van der Waals surface area contributed by atoms with Gasteiger partial charge in [0.05, 0.1) is 6.04 Å². The van der Waals surface area contributed by atoms with Crippen LogP contribution >= 0.6 is 11.6 Å². The highest BCUT2D eigenvalue weighted by Crippen LogP contribution is 2.23. The summed E-state index contributed by atoms with van der Waals surface area (Å²) in [7, 11) is 1.89. The molecule has 17 heavy (non-hydrogen) atoms. The van der Waals surface area contributed by atoms with Gasteiger partial charge in [0.2, 0.25) is 0 Å². The Morgan fingerprint density at radius 2 is 2.12 bits per heavy atom. The normalized spacial score (nSPS) is 12.9. The molecular formula is C11H18ClN5. The molecule has 0 aliphatic heterocycles. The highest BCUT2D eigenvalue weighted by Gasteiger charge is 2.15. The number of nitrogens with one attached hydrogen (secondary N) is 1. The van der Waals surface area contributed by atoms with E-state index in [1.54, 1.807) is 0 Å². The summed E-state index contributed by atoms with van der Waals surface area (Å²) in [4.78, 5) is 0. The van der Waals surface area contributed by atoms with Gasteiger partial charge in [0.15, 0.2) is 0 Å². The maximum absolute atomic E-state index is 5.85. The molecule has 6 heteroatoms. The molecule has 1 atom stereocenters. The van der Waals surface area contributed by atoms with E-state index in [1.165, 1.54) is 11.5 Å². The van der Waals surface area contributed by atoms with Gasteiger partial charge in [0.1, 0.15) is 6.34 Å². The van der Waals surface area contributed by atoms with E-state index in [4.69, 9.17) is 23.2 Å². The van der Waals surface area contributed by atoms with Gasteiger partial charge in [-0.25, -0.2) is 11.0 Å². The molecule has 0 heterocycles. The van der Waals surface area contributed by atoms with E-state index in [-0.39, 0.29) is 6.04 Å². The summed E-state index contributed by atoms with van der Waals surface area (Å²) >= 11 is 5.85. The van der Waals surface area contributed by atoms with Crippen molar-refractivity contribution in [2.45, 2.75) is 12.5 Å². The van der Waals surface area contributed by atoms with Crippen LogP contribution in [0.1, 0.15) is 18.0 Å². The van der Waals surface area contributed by atoms with Crippen LogP contribution in [0.4, 0.5) is 0 Å². The first-order valence-electron chi connectivity index (χ1n) is 5.37. The van der Waals surface area contributed by atoms with Crippen molar-refractivity contribution >= 4 is 17.9 Å². The van der Waals surface area contributed by atoms with E-state index in [1.807, 2.05) is 31.3 Å². The van der Waals surface area contributed by atoms with Gasteiger partial charge < -0.3 is 11.1 Å². The maximum Gasteiger partial charge on any atom is 0.107 e. The predicted octanol–water partition coefficient (Wildman–Crippen LogP) is 1.07. The third-order valence-electron chi connectivity index (χ3n) is 2.44. The Morgan fingerprint density at radius 3 is 2.65 bits per heavy atom. The molecule has 0 aliphatic carbocycles. The Bertz CT molecular complexity index is 351. The first-order chi connectivity index (χ1) is 8.19. The summed E-state index contributed by atoms with van der Waals surface area (Å²) in [5, 5.41) is 9.03. The fourth-order valence-electron chi connectivity index (χ4n) is 1.58. The SMILES string of the molecule is CNCCC(c1ccc(Cl)cc1)N(N)/N=C\N. The zero-order valence-corrected chi connectivity index (χ0v) is 10.6. The molecule has 0 aliphatic rings. The van der Waals surface area contributed by atoms with Crippen molar-refractivity contribution in [3.8, 4) is 0 Å². The smallest absolute Gasteiger partial charge is 0.107 e. The van der Waals surface area contributed by atoms with Gasteiger partial charge in [0, 0.05) is 5.02 Å². The lowest BCUT2D eigenvalue weighted by Gasteiger charge is -2.25. The van der Waals surface area contributed by atoms with Crippen molar-refractivity contribution in [2.24, 2.45) is 16.7 Å². The first-order valence-corrected chi connectivity index (χ1v) is 5.75. The van der Waals surface area contributed by atoms with Gasteiger partial charge in [-0.05, 0) is 37.7 Å². The van der Waals surface area contributed by atoms with Crippen LogP contribution in [-0.4, -0.2) is 25.0 Å². The molecule has 0 bridgehead atoms. The highest BCUT2D eigenvalue weighted by molar-refractivity contribution is 6.30. The summed E-state index contributed by atoms with van der Waals surface area (Å²) in [5.74, 6) is 5.83. The van der Waals surface area contributed by atoms with Gasteiger partial charge in [-0.2, -0.15) is 5.10 Å². The number of benzene rings is 1. The fourth-order valence-corrected chi connectivity index (χ4v) is 1.70. The van der Waals surface area contributed by atoms with Crippen LogP contribution in [0.5, 0.6) is 0 Å². The standard InChI is InChI=1S/C11H18ClN5/c1-15-7-6-11(17(14)16-8-13)9-2-4-10(12)5-3-9/h2-5,8,11,15H,6-7,14H2,1H3,(H2,13,16). The molecule has 0 amide bonds. The lowest BCUT2D eigenvalue weighted by molar-refractivity contribution is 0.201. The van der Waals surface area contributed by atoms with Crippen molar-refractivity contribution in [3.63, 3.8) is 0 Å². The number of hydrogen-bond acceptors (Lipinski definition) is 4. The number of hydrogen-bond donors (Lipinski definition) is 3. The molecular weight excluding hydrogens is 238 g/mol. The first kappa shape index (κ1) is 13.8. The van der Waals surface area contributed by atoms with Gasteiger partial charge in [-0.15, -0.1) is 0 Å². The molecule has 0 spiro atoms. The Hall–Kier alpha value is -1.30. The van der Waals surface area contributed by atoms with Crippen LogP contribution in [0.25, 0.3) is 0 Å². The minimum atomic E-state index is -0.0282. The van der Waals surface area contributed by atoms with Crippen molar-refractivity contribution in [3.05, 3.63) is 34.9 Å². The second-order valence-electron chi connectivity index (χ2n) is 3.60. The molecule has 0 saturated heterocycles. The largest absolute Gasteiger partial charge is 0.388 e. The van der Waals surface area contributed by atoms with Crippen LogP contribution in [0.15, 0.2) is 29.4 Å². The highest BCUT2D eigenvalue weighted by atomic mass is 35.5. The average Bonchev–Trinajstić information content (AvgIpc) is 2.32. The fraction of sp³-hybridized carbons (Fsp3) is 0.364. The number of hydrazine groups is 1. The number of nitrogens with zero attached hydrogens (tertiary/aromatic N) is 2. The Balaban J connectivity index is 2.84. The average molecular weight is 256 g/mol. The Kier molecular flexibility index (Phi) is 5.76. The minimum Gasteiger partial charge on any atom is -0.388 e. The zero-order valence-electron chi connectivity index (χ0n) is 9.81. The van der Waals surface area contributed by atoms with Crippen LogP contribution < -0.4 is 16.9 Å². The van der Waals surface area contributed by atoms with Crippen LogP contribution in [-0.2, 0) is 0 Å². The topological polar surface area (TPSA) is 79.7 Å². The number of halogens is 1. The maximum atomic E-state index is 5.85. The number of rotatable bonds is 6. The molecule has 0 fully saturated rings. The predicted molar refractivity (Wildman–Crippen MR) is 71.4 cm³/mol. The van der Waals surface area contributed by atoms with E-state index in [2.05, 4.69) is 10.4 Å². The van der Waals surface area contributed by atoms with Crippen molar-refractivity contribution in [2.75, 3.05) is 13.6 Å². The lowest BCUT2D eigenvalue weighted by atomic mass is 10.0. The third kappa shape index (κ3) is 4.22. The van der Waals surface area contributed by atoms with E-state index >= 15 is 0 Å². The second-order valence-corrected chi connectivity index (χ2v) is 4.04. The van der Waals surface area contributed by atoms with Crippen molar-refractivity contribution in [1.82, 2.24) is 10.4 Å². The molecule has 5 nitrogen and oxygen atoms in total. The summed E-state index contributed by atoms with van der Waals surface area (Å²) in [6, 6.07) is 7.52. The molecule has 94 valence electrons. The summed E-state index contributed by atoms with van der Waals surface area (Å²) in [6.45, 7) is 0.834. The van der Waals surface area contributed by atoms with Crippen LogP contribution in [0, 0.1) is 0 Å². The minimum absolute atomic E-state index is 0.0282. The molecule has 1 rings (SSSR count). The molecule has 0 aromatic heterocycles. The van der Waals surface area contributed by atoms with E-state index in [9.17, 15) is 0 Å². The van der Waals surface area contributed by atoms with Crippen LogP contribution in [0.2, 0.25) is 5.02 Å². The van der Waals surface area contributed by atoms with Gasteiger partial charge in [-0.3, -0.25) is 0 Å². The zero-order chi connectivity index (χ0) is 12.7. The summed E-state index contributed by atoms with van der Waals surface area (Å²) in [6.07, 6.45) is 2.01. The Labute approximate surface area is 106 Å². The summed E-state index contributed by atoms with van der Waals surface area (Å²) < 4.78 is 0. The van der Waals surface area contributed by atoms with Crippen LogP contribution in [0.3, 0.4) is 0 Å². The second kappa shape index (κ2) is 7.11. The summed E-state index contributed by atoms with van der Waals surface area (Å²) in [5.41, 5.74) is 6.30. The molecule has 1 unspecified atom stereocenters. The molecule has 0 saturated carbocycles. The lowest BCUT2D eigenvalue weighted by Crippen LogP contribution is -2.32. The Morgan fingerprint density at radius 1 is 1.47 bits per heavy atom. The van der Waals surface area contributed by atoms with Gasteiger partial charge in [0.25, 0.3) is 0 Å². The quantitative estimate of drug-likeness (QED) is 0.307. The third-order valence-corrected chi connectivity index (χ3v) is 2.69. The number of hydrazone groups is 1. The monoisotopic (exact) mass is 255 g/mol. The molecule has 1 aromatic rings. The van der Waals surface area contributed by atoms with Crippen molar-refractivity contribution < 1.29 is 0 Å².